The van der Waals surface area contributed by atoms with E-state index in [0.29, 0.717) is 6.54 Å². The van der Waals surface area contributed by atoms with Crippen LogP contribution in [0, 0.1) is 0 Å². The molecule has 0 aromatic carbocycles. The fraction of sp³-hybridized carbons (Fsp3) is 0.545. The molecule has 0 saturated heterocycles. The Morgan fingerprint density at radius 1 is 1.44 bits per heavy atom. The number of pyridine rings is 1. The van der Waals surface area contributed by atoms with Crippen molar-refractivity contribution in [2.24, 2.45) is 0 Å². The van der Waals surface area contributed by atoms with Gasteiger partial charge in [-0.15, -0.1) is 0 Å². The van der Waals surface area contributed by atoms with Crippen LogP contribution in [0.4, 0.5) is 8.78 Å². The van der Waals surface area contributed by atoms with Crippen LogP contribution in [-0.4, -0.2) is 25.1 Å². The van der Waals surface area contributed by atoms with Crippen molar-refractivity contribution in [3.05, 3.63) is 23.4 Å². The third-order valence-corrected chi connectivity index (χ3v) is 2.02. The molecule has 1 aromatic rings. The van der Waals surface area contributed by atoms with Crippen molar-refractivity contribution in [2.75, 3.05) is 13.7 Å². The maximum absolute atomic E-state index is 12.0. The van der Waals surface area contributed by atoms with Crippen LogP contribution in [0.1, 0.15) is 18.2 Å². The average molecular weight is 230 g/mol. The molecule has 1 aromatic heterocycles. The fourth-order valence-electron chi connectivity index (χ4n) is 1.33. The summed E-state index contributed by atoms with van der Waals surface area (Å²) in [6.45, 7) is 2.02. The number of nitrogens with zero attached hydrogens (tertiary/aromatic N) is 1. The quantitative estimate of drug-likeness (QED) is 0.811. The Balaban J connectivity index is 2.77. The number of nitrogens with one attached hydrogen (secondary N) is 1. The highest BCUT2D eigenvalue weighted by Gasteiger charge is 2.06. The second-order valence-corrected chi connectivity index (χ2v) is 3.39. The second-order valence-electron chi connectivity index (χ2n) is 3.39. The Labute approximate surface area is 93.8 Å². The lowest BCUT2D eigenvalue weighted by Crippen LogP contribution is -2.10. The van der Waals surface area contributed by atoms with Gasteiger partial charge in [-0.2, -0.15) is 0 Å². The van der Waals surface area contributed by atoms with Crippen molar-refractivity contribution in [3.63, 3.8) is 0 Å². The summed E-state index contributed by atoms with van der Waals surface area (Å²) in [7, 11) is 1.83. The molecular weight excluding hydrogens is 214 g/mol. The van der Waals surface area contributed by atoms with Gasteiger partial charge in [-0.1, -0.05) is 6.92 Å². The molecule has 0 spiro atoms. The number of hydrogen-bond acceptors (Lipinski definition) is 3. The van der Waals surface area contributed by atoms with Crippen molar-refractivity contribution in [3.8, 4) is 5.88 Å². The zero-order chi connectivity index (χ0) is 12.0. The Hall–Kier alpha value is -1.23. The molecule has 16 heavy (non-hydrogen) atoms. The van der Waals surface area contributed by atoms with E-state index in [1.54, 1.807) is 6.07 Å². The third-order valence-electron chi connectivity index (χ3n) is 2.02. The lowest BCUT2D eigenvalue weighted by Gasteiger charge is -2.09. The van der Waals surface area contributed by atoms with E-state index < -0.39 is 13.0 Å². The molecule has 1 N–H and O–H groups in total. The minimum Gasteiger partial charge on any atom is -0.472 e. The highest BCUT2D eigenvalue weighted by molar-refractivity contribution is 5.25. The molecule has 0 atom stereocenters. The van der Waals surface area contributed by atoms with Gasteiger partial charge < -0.3 is 10.1 Å². The molecule has 0 saturated carbocycles. The van der Waals surface area contributed by atoms with Crippen LogP contribution >= 0.6 is 0 Å². The van der Waals surface area contributed by atoms with Crippen LogP contribution in [0.3, 0.4) is 0 Å². The van der Waals surface area contributed by atoms with Crippen molar-refractivity contribution in [2.45, 2.75) is 26.3 Å². The fourth-order valence-corrected chi connectivity index (χ4v) is 1.33. The molecule has 5 heteroatoms. The second kappa shape index (κ2) is 6.37. The van der Waals surface area contributed by atoms with Crippen LogP contribution < -0.4 is 10.1 Å². The summed E-state index contributed by atoms with van der Waals surface area (Å²) in [5, 5.41) is 3.00. The molecule has 90 valence electrons. The molecule has 0 aliphatic rings. The minimum atomic E-state index is -2.47. The van der Waals surface area contributed by atoms with Crippen molar-refractivity contribution >= 4 is 0 Å². The SMILES string of the molecule is CCc1cc(CNC)cc(OCC(F)F)n1. The molecule has 0 radical (unpaired) electrons. The van der Waals surface area contributed by atoms with Gasteiger partial charge >= 0.3 is 0 Å². The molecule has 0 amide bonds. The monoisotopic (exact) mass is 230 g/mol. The smallest absolute Gasteiger partial charge is 0.272 e. The van der Waals surface area contributed by atoms with Gasteiger partial charge in [0.25, 0.3) is 6.43 Å². The van der Waals surface area contributed by atoms with Crippen LogP contribution in [0.5, 0.6) is 5.88 Å². The average Bonchev–Trinajstić information content (AvgIpc) is 2.26. The number of aryl methyl sites for hydroxylation is 1. The summed E-state index contributed by atoms with van der Waals surface area (Å²) in [4.78, 5) is 4.12. The maximum atomic E-state index is 12.0. The van der Waals surface area contributed by atoms with Crippen molar-refractivity contribution < 1.29 is 13.5 Å². The lowest BCUT2D eigenvalue weighted by molar-refractivity contribution is 0.0794. The Kier molecular flexibility index (Phi) is 5.11. The summed E-state index contributed by atoms with van der Waals surface area (Å²) in [6.07, 6.45) is -1.72. The van der Waals surface area contributed by atoms with Crippen molar-refractivity contribution in [1.82, 2.24) is 10.3 Å². The predicted octanol–water partition coefficient (Wildman–Crippen LogP) is 2.01. The van der Waals surface area contributed by atoms with Gasteiger partial charge in [-0.05, 0) is 25.1 Å². The van der Waals surface area contributed by atoms with Gasteiger partial charge in [0.15, 0.2) is 6.61 Å². The maximum Gasteiger partial charge on any atom is 0.272 e. The lowest BCUT2D eigenvalue weighted by atomic mass is 10.2. The first-order chi connectivity index (χ1) is 7.65. The van der Waals surface area contributed by atoms with E-state index in [-0.39, 0.29) is 5.88 Å². The molecule has 1 heterocycles. The number of ether oxygens (including phenoxy) is 1. The molecule has 0 aliphatic carbocycles. The Bertz CT molecular complexity index is 332. The summed E-state index contributed by atoms with van der Waals surface area (Å²) in [5.41, 5.74) is 1.83. The number of rotatable bonds is 6. The van der Waals surface area contributed by atoms with Gasteiger partial charge in [0.2, 0.25) is 5.88 Å². The van der Waals surface area contributed by atoms with Crippen molar-refractivity contribution in [1.29, 1.82) is 0 Å². The number of alkyl halides is 2. The standard InChI is InChI=1S/C11H16F2N2O/c1-3-9-4-8(6-14-2)5-11(15-9)16-7-10(12)13/h4-5,10,14H,3,6-7H2,1-2H3. The van der Waals surface area contributed by atoms with E-state index >= 15 is 0 Å². The van der Waals surface area contributed by atoms with Crippen LogP contribution in [0.15, 0.2) is 12.1 Å². The molecular formula is C11H16F2N2O. The zero-order valence-electron chi connectivity index (χ0n) is 9.46. The molecule has 3 nitrogen and oxygen atoms in total. The van der Waals surface area contributed by atoms with Gasteiger partial charge in [-0.3, -0.25) is 0 Å². The Morgan fingerprint density at radius 2 is 2.19 bits per heavy atom. The first-order valence-corrected chi connectivity index (χ1v) is 5.21. The number of hydrogen-bond donors (Lipinski definition) is 1. The summed E-state index contributed by atoms with van der Waals surface area (Å²) in [5.74, 6) is 0.268. The first kappa shape index (κ1) is 12.8. The van der Waals surface area contributed by atoms with E-state index in [1.807, 2.05) is 20.0 Å². The number of halogens is 2. The summed E-state index contributed by atoms with van der Waals surface area (Å²) >= 11 is 0. The van der Waals surface area contributed by atoms with Gasteiger partial charge in [0.1, 0.15) is 0 Å². The van der Waals surface area contributed by atoms with E-state index in [4.69, 9.17) is 4.74 Å². The van der Waals surface area contributed by atoms with E-state index in [2.05, 4.69) is 10.3 Å². The van der Waals surface area contributed by atoms with Crippen LogP contribution in [0.2, 0.25) is 0 Å². The molecule has 0 bridgehead atoms. The summed E-state index contributed by atoms with van der Waals surface area (Å²) < 4.78 is 28.9. The summed E-state index contributed by atoms with van der Waals surface area (Å²) in [6, 6.07) is 3.61. The predicted molar refractivity (Wildman–Crippen MR) is 57.9 cm³/mol. The highest BCUT2D eigenvalue weighted by atomic mass is 19.3. The minimum absolute atomic E-state index is 0.268. The third kappa shape index (κ3) is 4.10. The van der Waals surface area contributed by atoms with E-state index in [1.165, 1.54) is 0 Å². The van der Waals surface area contributed by atoms with Gasteiger partial charge in [0.05, 0.1) is 0 Å². The van der Waals surface area contributed by atoms with Crippen LogP contribution in [0.25, 0.3) is 0 Å². The topological polar surface area (TPSA) is 34.1 Å². The highest BCUT2D eigenvalue weighted by Crippen LogP contribution is 2.14. The van der Waals surface area contributed by atoms with E-state index in [0.717, 1.165) is 17.7 Å². The zero-order valence-corrected chi connectivity index (χ0v) is 9.46. The largest absolute Gasteiger partial charge is 0.472 e. The molecule has 1 rings (SSSR count). The number of aromatic nitrogens is 1. The molecule has 0 aliphatic heterocycles. The van der Waals surface area contributed by atoms with Gasteiger partial charge in [0, 0.05) is 18.3 Å². The molecule has 0 fully saturated rings. The Morgan fingerprint density at radius 3 is 2.75 bits per heavy atom. The van der Waals surface area contributed by atoms with Crippen LogP contribution in [-0.2, 0) is 13.0 Å². The molecule has 0 unspecified atom stereocenters. The first-order valence-electron chi connectivity index (χ1n) is 5.21. The van der Waals surface area contributed by atoms with E-state index in [9.17, 15) is 8.78 Å². The van der Waals surface area contributed by atoms with Gasteiger partial charge in [-0.25, -0.2) is 13.8 Å². The normalized spacial score (nSPS) is 10.8.